The molecule has 0 saturated carbocycles. The molecule has 3 nitrogen and oxygen atoms in total. The lowest BCUT2D eigenvalue weighted by Gasteiger charge is -2.04. The first-order valence-corrected chi connectivity index (χ1v) is 5.18. The minimum Gasteiger partial charge on any atom is -0.494 e. The van der Waals surface area contributed by atoms with Crippen molar-refractivity contribution < 1.29 is 13.5 Å². The zero-order chi connectivity index (χ0) is 11.7. The van der Waals surface area contributed by atoms with Gasteiger partial charge in [-0.25, -0.2) is 13.8 Å². The van der Waals surface area contributed by atoms with Crippen molar-refractivity contribution in [1.29, 1.82) is 0 Å². The van der Waals surface area contributed by atoms with Crippen LogP contribution in [0.5, 0.6) is 5.75 Å². The van der Waals surface area contributed by atoms with Crippen LogP contribution in [-0.2, 0) is 0 Å². The summed E-state index contributed by atoms with van der Waals surface area (Å²) in [6, 6.07) is 2.07. The monoisotopic (exact) mass is 242 g/mol. The standard InChI is InChI=1S/C10H8F2N2OS/c1-15-8-3-6(11)5(2-7(8)12)9-4-14-10(13)16-9/h2-4H,1H3,(H2,13,14). The third-order valence-electron chi connectivity index (χ3n) is 2.03. The number of ether oxygens (including phenoxy) is 1. The normalized spacial score (nSPS) is 10.4. The van der Waals surface area contributed by atoms with E-state index in [0.29, 0.717) is 10.0 Å². The summed E-state index contributed by atoms with van der Waals surface area (Å²) in [7, 11) is 1.28. The van der Waals surface area contributed by atoms with Crippen LogP contribution >= 0.6 is 11.3 Å². The fourth-order valence-electron chi connectivity index (χ4n) is 1.29. The maximum atomic E-state index is 13.6. The van der Waals surface area contributed by atoms with Gasteiger partial charge in [-0.2, -0.15) is 0 Å². The molecule has 0 unspecified atom stereocenters. The van der Waals surface area contributed by atoms with Crippen molar-refractivity contribution in [2.45, 2.75) is 0 Å². The number of hydrogen-bond acceptors (Lipinski definition) is 4. The zero-order valence-corrected chi connectivity index (χ0v) is 9.15. The highest BCUT2D eigenvalue weighted by Crippen LogP contribution is 2.32. The molecule has 1 aromatic heterocycles. The average molecular weight is 242 g/mol. The van der Waals surface area contributed by atoms with Gasteiger partial charge >= 0.3 is 0 Å². The highest BCUT2D eigenvalue weighted by Gasteiger charge is 2.13. The van der Waals surface area contributed by atoms with Crippen LogP contribution in [0, 0.1) is 11.6 Å². The lowest BCUT2D eigenvalue weighted by molar-refractivity contribution is 0.383. The molecule has 0 aliphatic rings. The molecule has 0 spiro atoms. The number of methoxy groups -OCH3 is 1. The smallest absolute Gasteiger partial charge is 0.180 e. The minimum absolute atomic E-state index is 0.126. The highest BCUT2D eigenvalue weighted by atomic mass is 32.1. The molecular weight excluding hydrogens is 234 g/mol. The summed E-state index contributed by atoms with van der Waals surface area (Å²) in [5, 5.41) is 0.311. The Kier molecular flexibility index (Phi) is 2.74. The van der Waals surface area contributed by atoms with E-state index in [1.54, 1.807) is 0 Å². The molecule has 0 aliphatic heterocycles. The summed E-state index contributed by atoms with van der Waals surface area (Å²) in [6.07, 6.45) is 1.41. The van der Waals surface area contributed by atoms with Crippen LogP contribution in [0.1, 0.15) is 0 Å². The molecule has 2 aromatic rings. The van der Waals surface area contributed by atoms with Crippen molar-refractivity contribution in [3.8, 4) is 16.2 Å². The van der Waals surface area contributed by atoms with Gasteiger partial charge in [-0.15, -0.1) is 0 Å². The molecule has 0 bridgehead atoms. The number of hydrogen-bond donors (Lipinski definition) is 1. The number of anilines is 1. The third kappa shape index (κ3) is 1.83. The van der Waals surface area contributed by atoms with Crippen molar-refractivity contribution in [1.82, 2.24) is 4.98 Å². The number of nitrogens with zero attached hydrogens (tertiary/aromatic N) is 1. The Morgan fingerprint density at radius 1 is 1.31 bits per heavy atom. The fraction of sp³-hybridized carbons (Fsp3) is 0.100. The molecule has 0 radical (unpaired) electrons. The first-order chi connectivity index (χ1) is 7.61. The second-order valence-corrected chi connectivity index (χ2v) is 4.09. The van der Waals surface area contributed by atoms with Crippen LogP contribution in [0.15, 0.2) is 18.3 Å². The molecule has 1 heterocycles. The summed E-state index contributed by atoms with van der Waals surface area (Å²) in [5.41, 5.74) is 5.56. The molecule has 0 amide bonds. The predicted molar refractivity (Wildman–Crippen MR) is 58.4 cm³/mol. The Morgan fingerprint density at radius 2 is 2.06 bits per heavy atom. The molecule has 2 N–H and O–H groups in total. The molecule has 2 rings (SSSR count). The van der Waals surface area contributed by atoms with Crippen LogP contribution < -0.4 is 10.5 Å². The minimum atomic E-state index is -0.620. The van der Waals surface area contributed by atoms with E-state index >= 15 is 0 Å². The van der Waals surface area contributed by atoms with Crippen LogP contribution in [0.25, 0.3) is 10.4 Å². The van der Waals surface area contributed by atoms with Crippen molar-refractivity contribution in [3.63, 3.8) is 0 Å². The molecule has 16 heavy (non-hydrogen) atoms. The van der Waals surface area contributed by atoms with E-state index in [4.69, 9.17) is 5.73 Å². The van der Waals surface area contributed by atoms with Gasteiger partial charge in [-0.3, -0.25) is 0 Å². The second kappa shape index (κ2) is 4.05. The number of benzene rings is 1. The van der Waals surface area contributed by atoms with Crippen molar-refractivity contribution in [2.24, 2.45) is 0 Å². The Morgan fingerprint density at radius 3 is 2.62 bits per heavy atom. The molecule has 0 fully saturated rings. The quantitative estimate of drug-likeness (QED) is 0.880. The lowest BCUT2D eigenvalue weighted by Crippen LogP contribution is -1.91. The van der Waals surface area contributed by atoms with Crippen LogP contribution in [0.3, 0.4) is 0 Å². The SMILES string of the molecule is COc1cc(F)c(-c2cnc(N)s2)cc1F. The topological polar surface area (TPSA) is 48.1 Å². The lowest BCUT2D eigenvalue weighted by atomic mass is 10.1. The van der Waals surface area contributed by atoms with Gasteiger partial charge in [-0.1, -0.05) is 11.3 Å². The average Bonchev–Trinajstić information content (AvgIpc) is 2.67. The Hall–Kier alpha value is -1.69. The molecule has 84 valence electrons. The van der Waals surface area contributed by atoms with E-state index in [-0.39, 0.29) is 11.3 Å². The van der Waals surface area contributed by atoms with Gasteiger partial charge in [-0.05, 0) is 6.07 Å². The Bertz CT molecular complexity index is 528. The summed E-state index contributed by atoms with van der Waals surface area (Å²) in [6.45, 7) is 0. The summed E-state index contributed by atoms with van der Waals surface area (Å²) in [5.74, 6) is -1.31. The van der Waals surface area contributed by atoms with Gasteiger partial charge in [0.15, 0.2) is 16.7 Å². The Balaban J connectivity index is 2.54. The third-order valence-corrected chi connectivity index (χ3v) is 2.89. The number of thiazole rings is 1. The Labute approximate surface area is 94.5 Å². The van der Waals surface area contributed by atoms with Crippen LogP contribution in [-0.4, -0.2) is 12.1 Å². The van der Waals surface area contributed by atoms with Crippen LogP contribution in [0.2, 0.25) is 0 Å². The number of halogens is 2. The first-order valence-electron chi connectivity index (χ1n) is 4.36. The van der Waals surface area contributed by atoms with Crippen molar-refractivity contribution in [3.05, 3.63) is 30.0 Å². The molecule has 0 saturated heterocycles. The van der Waals surface area contributed by atoms with E-state index in [9.17, 15) is 8.78 Å². The fourth-order valence-corrected chi connectivity index (χ4v) is 1.99. The van der Waals surface area contributed by atoms with Crippen LogP contribution in [0.4, 0.5) is 13.9 Å². The summed E-state index contributed by atoms with van der Waals surface area (Å²) < 4.78 is 31.7. The molecule has 1 aromatic carbocycles. The number of rotatable bonds is 2. The molecule has 0 atom stereocenters. The number of nitrogens with two attached hydrogens (primary N) is 1. The zero-order valence-electron chi connectivity index (χ0n) is 8.33. The van der Waals surface area contributed by atoms with Gasteiger partial charge in [0.2, 0.25) is 0 Å². The molecule has 6 heteroatoms. The van der Waals surface area contributed by atoms with Gasteiger partial charge in [0, 0.05) is 17.8 Å². The van der Waals surface area contributed by atoms with E-state index in [0.717, 1.165) is 23.5 Å². The van der Waals surface area contributed by atoms with Crippen molar-refractivity contribution >= 4 is 16.5 Å². The van der Waals surface area contributed by atoms with E-state index in [2.05, 4.69) is 9.72 Å². The van der Waals surface area contributed by atoms with Gasteiger partial charge < -0.3 is 10.5 Å². The maximum absolute atomic E-state index is 13.6. The van der Waals surface area contributed by atoms with Gasteiger partial charge in [0.1, 0.15) is 5.82 Å². The summed E-state index contributed by atoms with van der Waals surface area (Å²) in [4.78, 5) is 4.27. The highest BCUT2D eigenvalue weighted by molar-refractivity contribution is 7.18. The van der Waals surface area contributed by atoms with Gasteiger partial charge in [0.05, 0.1) is 12.0 Å². The molecule has 0 aliphatic carbocycles. The first kappa shape index (κ1) is 10.8. The van der Waals surface area contributed by atoms with E-state index in [1.165, 1.54) is 13.3 Å². The number of nitrogen functional groups attached to an aromatic ring is 1. The second-order valence-electron chi connectivity index (χ2n) is 3.03. The maximum Gasteiger partial charge on any atom is 0.180 e. The molecular formula is C10H8F2N2OS. The largest absolute Gasteiger partial charge is 0.494 e. The van der Waals surface area contributed by atoms with Gasteiger partial charge in [0.25, 0.3) is 0 Å². The summed E-state index contributed by atoms with van der Waals surface area (Å²) >= 11 is 1.10. The predicted octanol–water partition coefficient (Wildman–Crippen LogP) is 2.68. The number of aromatic nitrogens is 1. The van der Waals surface area contributed by atoms with Crippen molar-refractivity contribution in [2.75, 3.05) is 12.8 Å². The van der Waals surface area contributed by atoms with E-state index < -0.39 is 11.6 Å². The van der Waals surface area contributed by atoms with E-state index in [1.807, 2.05) is 0 Å².